The fourth-order valence-electron chi connectivity index (χ4n) is 4.66. The van der Waals surface area contributed by atoms with Crippen LogP contribution in [0.4, 0.5) is 5.82 Å². The van der Waals surface area contributed by atoms with Crippen LogP contribution in [0.1, 0.15) is 44.9 Å². The van der Waals surface area contributed by atoms with E-state index in [2.05, 4.69) is 36.1 Å². The zero-order valence-electron chi connectivity index (χ0n) is 15.1. The normalized spacial score (nSPS) is 22.8. The Labute approximate surface area is 159 Å². The van der Waals surface area contributed by atoms with Crippen molar-refractivity contribution in [3.05, 3.63) is 18.6 Å². The highest BCUT2D eigenvalue weighted by molar-refractivity contribution is 7.80. The third-order valence-corrected chi connectivity index (χ3v) is 6.63. The Bertz CT molecular complexity index is 807. The van der Waals surface area contributed by atoms with Crippen LogP contribution >= 0.6 is 12.2 Å². The van der Waals surface area contributed by atoms with Crippen LogP contribution in [0.3, 0.4) is 0 Å². The van der Waals surface area contributed by atoms with Gasteiger partial charge in [0.05, 0.1) is 10.9 Å². The van der Waals surface area contributed by atoms with Gasteiger partial charge in [-0.3, -0.25) is 0 Å². The molecular weight excluding hydrogens is 344 g/mol. The molecule has 0 bridgehead atoms. The van der Waals surface area contributed by atoms with E-state index in [0.717, 1.165) is 41.6 Å². The molecule has 138 valence electrons. The van der Waals surface area contributed by atoms with Crippen LogP contribution < -0.4 is 10.2 Å². The van der Waals surface area contributed by atoms with Gasteiger partial charge in [-0.25, -0.2) is 9.97 Å². The van der Waals surface area contributed by atoms with E-state index in [1.165, 1.54) is 44.9 Å². The van der Waals surface area contributed by atoms with Crippen LogP contribution in [0.15, 0.2) is 18.6 Å². The number of aromatic nitrogens is 3. The molecule has 2 saturated carbocycles. The second-order valence-corrected chi connectivity index (χ2v) is 8.41. The average molecular weight is 371 g/mol. The molecular formula is C19H26N6S. The molecule has 1 saturated heterocycles. The predicted molar refractivity (Wildman–Crippen MR) is 107 cm³/mol. The van der Waals surface area contributed by atoms with Gasteiger partial charge in [-0.2, -0.15) is 0 Å². The lowest BCUT2D eigenvalue weighted by atomic mass is 9.96. The second kappa shape index (κ2) is 6.37. The zero-order chi connectivity index (χ0) is 17.6. The Morgan fingerprint density at radius 3 is 2.85 bits per heavy atom. The number of piperazine rings is 1. The van der Waals surface area contributed by atoms with Crippen molar-refractivity contribution in [3.8, 4) is 0 Å². The fourth-order valence-corrected chi connectivity index (χ4v) is 5.11. The van der Waals surface area contributed by atoms with Crippen LogP contribution in [0.2, 0.25) is 0 Å². The lowest BCUT2D eigenvalue weighted by Crippen LogP contribution is -2.60. The van der Waals surface area contributed by atoms with E-state index >= 15 is 0 Å². The van der Waals surface area contributed by atoms with Crippen LogP contribution in [0.25, 0.3) is 11.0 Å². The summed E-state index contributed by atoms with van der Waals surface area (Å²) in [6, 6.07) is 2.65. The van der Waals surface area contributed by atoms with Crippen LogP contribution in [-0.4, -0.2) is 56.2 Å². The first-order chi connectivity index (χ1) is 12.8. The summed E-state index contributed by atoms with van der Waals surface area (Å²) in [5.74, 6) is 1.05. The quantitative estimate of drug-likeness (QED) is 0.793. The summed E-state index contributed by atoms with van der Waals surface area (Å²) in [4.78, 5) is 17.0. The van der Waals surface area contributed by atoms with E-state index in [1.807, 2.05) is 6.20 Å². The molecule has 3 aliphatic rings. The molecule has 6 nitrogen and oxygen atoms in total. The second-order valence-electron chi connectivity index (χ2n) is 8.02. The summed E-state index contributed by atoms with van der Waals surface area (Å²) < 4.78 is 0. The maximum Gasteiger partial charge on any atom is 0.169 e. The monoisotopic (exact) mass is 370 g/mol. The van der Waals surface area contributed by atoms with Gasteiger partial charge in [0.25, 0.3) is 0 Å². The van der Waals surface area contributed by atoms with E-state index in [9.17, 15) is 0 Å². The van der Waals surface area contributed by atoms with Crippen LogP contribution in [0, 0.1) is 0 Å². The van der Waals surface area contributed by atoms with E-state index in [4.69, 9.17) is 12.2 Å². The number of rotatable bonds is 2. The molecule has 0 radical (unpaired) electrons. The zero-order valence-corrected chi connectivity index (χ0v) is 15.9. The maximum absolute atomic E-state index is 5.83. The molecule has 26 heavy (non-hydrogen) atoms. The summed E-state index contributed by atoms with van der Waals surface area (Å²) in [5.41, 5.74) is 1.11. The molecule has 2 aliphatic carbocycles. The van der Waals surface area contributed by atoms with E-state index in [-0.39, 0.29) is 5.54 Å². The molecule has 3 fully saturated rings. The minimum absolute atomic E-state index is 0.199. The Balaban J connectivity index is 1.31. The highest BCUT2D eigenvalue weighted by Crippen LogP contribution is 2.45. The van der Waals surface area contributed by atoms with Gasteiger partial charge in [-0.15, -0.1) is 0 Å². The number of thiocarbonyl (C=S) groups is 1. The van der Waals surface area contributed by atoms with Gasteiger partial charge < -0.3 is 20.1 Å². The molecule has 2 N–H and O–H groups in total. The summed E-state index contributed by atoms with van der Waals surface area (Å²) in [7, 11) is 0. The molecule has 2 aromatic heterocycles. The number of anilines is 1. The lowest BCUT2D eigenvalue weighted by molar-refractivity contribution is 0.251. The van der Waals surface area contributed by atoms with Gasteiger partial charge in [0.1, 0.15) is 17.8 Å². The van der Waals surface area contributed by atoms with Crippen molar-refractivity contribution < 1.29 is 0 Å². The first-order valence-corrected chi connectivity index (χ1v) is 10.3. The van der Waals surface area contributed by atoms with Crippen molar-refractivity contribution in [1.29, 1.82) is 0 Å². The van der Waals surface area contributed by atoms with Gasteiger partial charge in [0.2, 0.25) is 0 Å². The molecule has 2 aromatic rings. The van der Waals surface area contributed by atoms with Crippen molar-refractivity contribution in [2.24, 2.45) is 0 Å². The third-order valence-electron chi connectivity index (χ3n) is 6.29. The van der Waals surface area contributed by atoms with Crippen LogP contribution in [-0.2, 0) is 0 Å². The lowest BCUT2D eigenvalue weighted by Gasteiger charge is -2.44. The number of hydrogen-bond donors (Lipinski definition) is 2. The highest BCUT2D eigenvalue weighted by atomic mass is 32.1. The molecule has 1 spiro atoms. The number of hydrogen-bond acceptors (Lipinski definition) is 4. The Hall–Kier alpha value is -1.89. The molecule has 1 aliphatic heterocycles. The Kier molecular flexibility index (Phi) is 3.99. The number of H-pyrrole nitrogens is 1. The van der Waals surface area contributed by atoms with Gasteiger partial charge in [-0.05, 0) is 44.0 Å². The van der Waals surface area contributed by atoms with Gasteiger partial charge in [-0.1, -0.05) is 19.3 Å². The van der Waals surface area contributed by atoms with Gasteiger partial charge >= 0.3 is 0 Å². The van der Waals surface area contributed by atoms with Crippen molar-refractivity contribution >= 4 is 34.2 Å². The van der Waals surface area contributed by atoms with Gasteiger partial charge in [0.15, 0.2) is 5.11 Å². The average Bonchev–Trinajstić information content (AvgIpc) is 3.24. The highest BCUT2D eigenvalue weighted by Gasteiger charge is 2.52. The number of aromatic amines is 1. The minimum Gasteiger partial charge on any atom is -0.360 e. The van der Waals surface area contributed by atoms with E-state index in [0.29, 0.717) is 6.04 Å². The van der Waals surface area contributed by atoms with E-state index in [1.54, 1.807) is 6.33 Å². The maximum atomic E-state index is 5.83. The van der Waals surface area contributed by atoms with Crippen LogP contribution in [0.5, 0.6) is 0 Å². The van der Waals surface area contributed by atoms with Crippen molar-refractivity contribution in [1.82, 2.24) is 25.2 Å². The number of nitrogens with zero attached hydrogens (tertiary/aromatic N) is 4. The third kappa shape index (κ3) is 2.82. The largest absolute Gasteiger partial charge is 0.360 e. The Morgan fingerprint density at radius 2 is 2.04 bits per heavy atom. The predicted octanol–water partition coefficient (Wildman–Crippen LogP) is 2.82. The summed E-state index contributed by atoms with van der Waals surface area (Å²) >= 11 is 5.83. The molecule has 0 amide bonds. The van der Waals surface area contributed by atoms with Crippen molar-refractivity contribution in [2.45, 2.75) is 56.5 Å². The fraction of sp³-hybridized carbons (Fsp3) is 0.632. The summed E-state index contributed by atoms with van der Waals surface area (Å²) in [6.07, 6.45) is 12.6. The smallest absolute Gasteiger partial charge is 0.169 e. The molecule has 0 aromatic carbocycles. The molecule has 5 rings (SSSR count). The number of nitrogens with one attached hydrogen (secondary N) is 2. The summed E-state index contributed by atoms with van der Waals surface area (Å²) in [5, 5.41) is 5.76. The first kappa shape index (κ1) is 16.3. The SMILES string of the molecule is S=C(NC1CCCCC1)N1CCN(c2ncnc3[nH]ccc23)CC12CC2. The molecule has 0 unspecified atom stereocenters. The molecule has 0 atom stereocenters. The standard InChI is InChI=1S/C19H26N6S/c26-18(23-14-4-2-1-3-5-14)25-11-10-24(12-19(25)7-8-19)17-15-6-9-20-16(15)21-13-22-17/h6,9,13-14H,1-5,7-8,10-12H2,(H,23,26)(H,20,21,22). The number of fused-ring (bicyclic) bond motifs is 1. The van der Waals surface area contributed by atoms with Crippen molar-refractivity contribution in [3.63, 3.8) is 0 Å². The first-order valence-electron chi connectivity index (χ1n) is 9.86. The van der Waals surface area contributed by atoms with Crippen molar-refractivity contribution in [2.75, 3.05) is 24.5 Å². The Morgan fingerprint density at radius 1 is 1.19 bits per heavy atom. The topological polar surface area (TPSA) is 60.1 Å². The van der Waals surface area contributed by atoms with Gasteiger partial charge in [0, 0.05) is 31.9 Å². The minimum atomic E-state index is 0.199. The summed E-state index contributed by atoms with van der Waals surface area (Å²) in [6.45, 7) is 2.91. The van der Waals surface area contributed by atoms with E-state index < -0.39 is 0 Å². The molecule has 7 heteroatoms. The molecule has 3 heterocycles.